The van der Waals surface area contributed by atoms with Crippen LogP contribution in [0.25, 0.3) is 6.08 Å². The fourth-order valence-corrected chi connectivity index (χ4v) is 3.02. The fraction of sp³-hybridized carbons (Fsp3) is 0.500. The summed E-state index contributed by atoms with van der Waals surface area (Å²) in [6.45, 7) is -1.19. The maximum Gasteiger partial charge on any atom is 0.387 e. The molecule has 1 saturated heterocycles. The van der Waals surface area contributed by atoms with Crippen LogP contribution in [0.2, 0.25) is 0 Å². The topological polar surface area (TPSA) is 67.9 Å². The molecule has 2 rings (SSSR count). The zero-order chi connectivity index (χ0) is 20.4. The third kappa shape index (κ3) is 6.83. The largest absolute Gasteiger partial charge is 0.493 e. The van der Waals surface area contributed by atoms with Gasteiger partial charge in [0.1, 0.15) is 0 Å². The molecule has 0 saturated carbocycles. The molecule has 28 heavy (non-hydrogen) atoms. The van der Waals surface area contributed by atoms with Crippen molar-refractivity contribution in [1.82, 2.24) is 10.2 Å². The number of nitrogens with one attached hydrogen (secondary N) is 1. The van der Waals surface area contributed by atoms with Gasteiger partial charge < -0.3 is 19.7 Å². The molecule has 6 nitrogen and oxygen atoms in total. The summed E-state index contributed by atoms with van der Waals surface area (Å²) in [5.41, 5.74) is 0.310. The lowest BCUT2D eigenvalue weighted by molar-refractivity contribution is -0.130. The smallest absolute Gasteiger partial charge is 0.387 e. The highest BCUT2D eigenvalue weighted by Crippen LogP contribution is 2.33. The van der Waals surface area contributed by atoms with E-state index < -0.39 is 6.61 Å². The van der Waals surface area contributed by atoms with Crippen LogP contribution in [0.3, 0.4) is 0 Å². The van der Waals surface area contributed by atoms with Gasteiger partial charge in [-0.15, -0.1) is 0 Å². The van der Waals surface area contributed by atoms with Gasteiger partial charge in [0.25, 0.3) is 0 Å². The molecule has 1 aromatic rings. The van der Waals surface area contributed by atoms with Crippen molar-refractivity contribution in [2.24, 2.45) is 0 Å². The Morgan fingerprint density at radius 1 is 1.32 bits per heavy atom. The summed E-state index contributed by atoms with van der Waals surface area (Å²) in [5, 5.41) is 2.73. The molecular weight excluding hydrogens is 370 g/mol. The number of benzene rings is 1. The Morgan fingerprint density at radius 3 is 2.89 bits per heavy atom. The quantitative estimate of drug-likeness (QED) is 0.514. The van der Waals surface area contributed by atoms with Gasteiger partial charge in [-0.1, -0.05) is 18.6 Å². The molecule has 0 atom stereocenters. The van der Waals surface area contributed by atoms with Crippen molar-refractivity contribution in [3.63, 3.8) is 0 Å². The second kappa shape index (κ2) is 11.3. The lowest BCUT2D eigenvalue weighted by Gasteiger charge is -2.20. The van der Waals surface area contributed by atoms with Gasteiger partial charge in [0.15, 0.2) is 11.5 Å². The number of para-hydroxylation sites is 1. The van der Waals surface area contributed by atoms with E-state index in [1.807, 2.05) is 4.90 Å². The van der Waals surface area contributed by atoms with E-state index in [-0.39, 0.29) is 23.3 Å². The Labute approximate surface area is 163 Å². The first-order valence-electron chi connectivity index (χ1n) is 9.36. The van der Waals surface area contributed by atoms with Crippen molar-refractivity contribution in [1.29, 1.82) is 0 Å². The molecule has 1 heterocycles. The second-order valence-corrected chi connectivity index (χ2v) is 6.43. The highest BCUT2D eigenvalue weighted by atomic mass is 19.3. The number of halogens is 2. The molecule has 1 aromatic carbocycles. The van der Waals surface area contributed by atoms with Gasteiger partial charge >= 0.3 is 6.61 Å². The van der Waals surface area contributed by atoms with Crippen molar-refractivity contribution < 1.29 is 27.8 Å². The summed E-state index contributed by atoms with van der Waals surface area (Å²) < 4.78 is 34.8. The third-order valence-corrected chi connectivity index (χ3v) is 4.43. The molecule has 1 N–H and O–H groups in total. The van der Waals surface area contributed by atoms with E-state index in [2.05, 4.69) is 10.1 Å². The molecule has 0 radical (unpaired) electrons. The Kier molecular flexibility index (Phi) is 8.71. The van der Waals surface area contributed by atoms with Crippen LogP contribution >= 0.6 is 0 Å². The van der Waals surface area contributed by atoms with E-state index >= 15 is 0 Å². The molecule has 0 aliphatic carbocycles. The van der Waals surface area contributed by atoms with Crippen LogP contribution in [0, 0.1) is 0 Å². The van der Waals surface area contributed by atoms with Crippen molar-refractivity contribution in [2.45, 2.75) is 38.7 Å². The molecule has 0 unspecified atom stereocenters. The molecule has 0 spiro atoms. The molecule has 0 bridgehead atoms. The average Bonchev–Trinajstić information content (AvgIpc) is 2.88. The number of carbonyl (C=O) groups excluding carboxylic acids is 2. The van der Waals surface area contributed by atoms with Crippen LogP contribution in [0.4, 0.5) is 8.78 Å². The lowest BCUT2D eigenvalue weighted by atomic mass is 10.1. The van der Waals surface area contributed by atoms with Gasteiger partial charge in [-0.2, -0.15) is 8.78 Å². The normalized spacial score (nSPS) is 15.0. The number of ether oxygens (including phenoxy) is 2. The van der Waals surface area contributed by atoms with Crippen molar-refractivity contribution >= 4 is 17.9 Å². The van der Waals surface area contributed by atoms with Gasteiger partial charge in [-0.25, -0.2) is 0 Å². The van der Waals surface area contributed by atoms with Gasteiger partial charge in [-0.05, 0) is 31.4 Å². The zero-order valence-electron chi connectivity index (χ0n) is 16.0. The monoisotopic (exact) mass is 396 g/mol. The molecule has 0 aromatic heterocycles. The molecule has 1 aliphatic rings. The molecule has 2 amide bonds. The summed E-state index contributed by atoms with van der Waals surface area (Å²) in [7, 11) is 1.35. The Balaban J connectivity index is 1.84. The molecule has 1 aliphatic heterocycles. The van der Waals surface area contributed by atoms with Crippen LogP contribution in [-0.2, 0) is 9.59 Å². The zero-order valence-corrected chi connectivity index (χ0v) is 16.0. The van der Waals surface area contributed by atoms with E-state index in [9.17, 15) is 18.4 Å². The number of nitrogens with zero attached hydrogens (tertiary/aromatic N) is 1. The first-order chi connectivity index (χ1) is 13.5. The van der Waals surface area contributed by atoms with E-state index in [0.29, 0.717) is 31.5 Å². The first kappa shape index (κ1) is 21.7. The predicted octanol–water partition coefficient (Wildman–Crippen LogP) is 3.22. The molecule has 8 heteroatoms. The molecule has 154 valence electrons. The summed E-state index contributed by atoms with van der Waals surface area (Å²) in [4.78, 5) is 25.7. The third-order valence-electron chi connectivity index (χ3n) is 4.43. The van der Waals surface area contributed by atoms with E-state index in [1.54, 1.807) is 12.1 Å². The van der Waals surface area contributed by atoms with Crippen LogP contribution in [-0.4, -0.2) is 50.1 Å². The number of carbonyl (C=O) groups is 2. The summed E-state index contributed by atoms with van der Waals surface area (Å²) in [6, 6.07) is 4.67. The van der Waals surface area contributed by atoms with Gasteiger partial charge in [0.05, 0.1) is 7.11 Å². The van der Waals surface area contributed by atoms with Crippen molar-refractivity contribution in [3.05, 3.63) is 29.8 Å². The minimum absolute atomic E-state index is 0.122. The number of amides is 2. The fourth-order valence-electron chi connectivity index (χ4n) is 3.02. The number of hydrogen-bond acceptors (Lipinski definition) is 4. The summed E-state index contributed by atoms with van der Waals surface area (Å²) >= 11 is 0. The average molecular weight is 396 g/mol. The lowest BCUT2D eigenvalue weighted by Crippen LogP contribution is -2.33. The summed E-state index contributed by atoms with van der Waals surface area (Å²) in [6.07, 6.45) is 6.94. The van der Waals surface area contributed by atoms with Gasteiger partial charge in [0, 0.05) is 37.7 Å². The van der Waals surface area contributed by atoms with E-state index in [4.69, 9.17) is 4.74 Å². The highest BCUT2D eigenvalue weighted by molar-refractivity contribution is 5.92. The second-order valence-electron chi connectivity index (χ2n) is 6.43. The Morgan fingerprint density at radius 2 is 2.14 bits per heavy atom. The standard InChI is InChI=1S/C20H26F2N2O4/c1-27-16-8-5-7-15(19(16)28-20(21)22)10-11-17(25)23-12-6-14-24-13-4-2-3-9-18(24)26/h5,7-8,10-11,20H,2-4,6,9,12-14H2,1H3,(H,23,25)/b11-10+. The van der Waals surface area contributed by atoms with Gasteiger partial charge in [0.2, 0.25) is 11.8 Å². The molecular formula is C20H26F2N2O4. The summed E-state index contributed by atoms with van der Waals surface area (Å²) in [5.74, 6) is -0.144. The van der Waals surface area contributed by atoms with Crippen molar-refractivity contribution in [2.75, 3.05) is 26.7 Å². The van der Waals surface area contributed by atoms with Crippen LogP contribution in [0.15, 0.2) is 24.3 Å². The number of alkyl halides is 2. The minimum Gasteiger partial charge on any atom is -0.493 e. The SMILES string of the molecule is COc1cccc(/C=C/C(=O)NCCCN2CCCCCC2=O)c1OC(F)F. The van der Waals surface area contributed by atoms with E-state index in [0.717, 1.165) is 25.8 Å². The first-order valence-corrected chi connectivity index (χ1v) is 9.36. The van der Waals surface area contributed by atoms with Crippen LogP contribution in [0.5, 0.6) is 11.5 Å². The number of methoxy groups -OCH3 is 1. The number of hydrogen-bond donors (Lipinski definition) is 1. The number of rotatable bonds is 9. The Bertz CT molecular complexity index is 695. The maximum absolute atomic E-state index is 12.6. The highest BCUT2D eigenvalue weighted by Gasteiger charge is 2.16. The van der Waals surface area contributed by atoms with Crippen LogP contribution < -0.4 is 14.8 Å². The Hall–Kier alpha value is -2.64. The number of likely N-dealkylation sites (tertiary alicyclic amines) is 1. The molecule has 1 fully saturated rings. The van der Waals surface area contributed by atoms with E-state index in [1.165, 1.54) is 25.3 Å². The predicted molar refractivity (Wildman–Crippen MR) is 101 cm³/mol. The maximum atomic E-state index is 12.6. The minimum atomic E-state index is -3.00. The van der Waals surface area contributed by atoms with Gasteiger partial charge in [-0.3, -0.25) is 9.59 Å². The van der Waals surface area contributed by atoms with Crippen LogP contribution in [0.1, 0.15) is 37.7 Å². The van der Waals surface area contributed by atoms with Crippen molar-refractivity contribution in [3.8, 4) is 11.5 Å².